The zero-order chi connectivity index (χ0) is 12.0. The number of carbonyl (C=O) groups is 2. The van der Waals surface area contributed by atoms with Crippen molar-refractivity contribution in [3.8, 4) is 0 Å². The van der Waals surface area contributed by atoms with E-state index in [4.69, 9.17) is 5.73 Å². The number of amides is 1. The molecule has 0 saturated heterocycles. The van der Waals surface area contributed by atoms with Crippen LogP contribution in [-0.4, -0.2) is 25.5 Å². The normalized spacial score (nSPS) is 11.6. The van der Waals surface area contributed by atoms with E-state index in [1.54, 1.807) is 24.3 Å². The molecular weight excluding hydrogens is 208 g/mol. The fraction of sp³-hybridized carbons (Fsp3) is 0.273. The van der Waals surface area contributed by atoms with Gasteiger partial charge in [-0.25, -0.2) is 0 Å². The lowest BCUT2D eigenvalue weighted by Crippen LogP contribution is -2.37. The number of benzene rings is 1. The van der Waals surface area contributed by atoms with Crippen LogP contribution in [0.25, 0.3) is 0 Å². The summed E-state index contributed by atoms with van der Waals surface area (Å²) in [7, 11) is 1.26. The summed E-state index contributed by atoms with van der Waals surface area (Å²) >= 11 is 0. The van der Waals surface area contributed by atoms with Crippen LogP contribution in [0.3, 0.4) is 0 Å². The number of esters is 1. The molecule has 0 fully saturated rings. The third-order valence-electron chi connectivity index (χ3n) is 2.08. The molecule has 0 aliphatic carbocycles. The molecular formula is C11H14N2O3. The summed E-state index contributed by atoms with van der Waals surface area (Å²) in [6.07, 6.45) is 0. The highest BCUT2D eigenvalue weighted by atomic mass is 16.5. The molecule has 16 heavy (non-hydrogen) atoms. The third-order valence-corrected chi connectivity index (χ3v) is 2.08. The quantitative estimate of drug-likeness (QED) is 0.701. The lowest BCUT2D eigenvalue weighted by atomic mass is 10.1. The summed E-state index contributed by atoms with van der Waals surface area (Å²) in [6.45, 7) is -0.171. The lowest BCUT2D eigenvalue weighted by molar-refractivity contribution is -0.141. The monoisotopic (exact) mass is 222 g/mol. The van der Waals surface area contributed by atoms with Gasteiger partial charge in [0, 0.05) is 0 Å². The van der Waals surface area contributed by atoms with Gasteiger partial charge in [-0.15, -0.1) is 0 Å². The fourth-order valence-corrected chi connectivity index (χ4v) is 1.15. The Morgan fingerprint density at radius 3 is 2.56 bits per heavy atom. The molecule has 86 valence electrons. The number of hydrogen-bond donors (Lipinski definition) is 2. The van der Waals surface area contributed by atoms with E-state index in [2.05, 4.69) is 10.1 Å². The fourth-order valence-electron chi connectivity index (χ4n) is 1.15. The van der Waals surface area contributed by atoms with E-state index in [-0.39, 0.29) is 6.54 Å². The molecule has 0 radical (unpaired) electrons. The molecule has 5 nitrogen and oxygen atoms in total. The van der Waals surface area contributed by atoms with E-state index in [1.807, 2.05) is 6.07 Å². The maximum atomic E-state index is 11.5. The molecule has 1 aromatic carbocycles. The Kier molecular flexibility index (Phi) is 4.47. The predicted octanol–water partition coefficient (Wildman–Crippen LogP) is -0.0244. The SMILES string of the molecule is COC(=O)CNC(=O)[C@@H](N)c1ccccc1. The molecule has 0 unspecified atom stereocenters. The first-order valence-electron chi connectivity index (χ1n) is 4.80. The Balaban J connectivity index is 2.52. The van der Waals surface area contributed by atoms with E-state index in [0.717, 1.165) is 0 Å². The summed E-state index contributed by atoms with van der Waals surface area (Å²) in [5.41, 5.74) is 6.40. The number of methoxy groups -OCH3 is 1. The molecule has 0 bridgehead atoms. The number of carbonyl (C=O) groups excluding carboxylic acids is 2. The van der Waals surface area contributed by atoms with Gasteiger partial charge in [0.1, 0.15) is 12.6 Å². The van der Waals surface area contributed by atoms with Crippen LogP contribution in [0.15, 0.2) is 30.3 Å². The van der Waals surface area contributed by atoms with Crippen LogP contribution < -0.4 is 11.1 Å². The van der Waals surface area contributed by atoms with Gasteiger partial charge < -0.3 is 15.8 Å². The van der Waals surface area contributed by atoms with E-state index in [1.165, 1.54) is 7.11 Å². The second kappa shape index (κ2) is 5.87. The zero-order valence-corrected chi connectivity index (χ0v) is 8.97. The average molecular weight is 222 g/mol. The first-order valence-corrected chi connectivity index (χ1v) is 4.80. The Bertz CT molecular complexity index is 365. The molecule has 0 spiro atoms. The highest BCUT2D eigenvalue weighted by Gasteiger charge is 2.15. The van der Waals surface area contributed by atoms with Crippen LogP contribution in [0.2, 0.25) is 0 Å². The second-order valence-electron chi connectivity index (χ2n) is 3.18. The van der Waals surface area contributed by atoms with Crippen LogP contribution >= 0.6 is 0 Å². The largest absolute Gasteiger partial charge is 0.468 e. The molecule has 0 aliphatic heterocycles. The van der Waals surface area contributed by atoms with Crippen LogP contribution in [0.4, 0.5) is 0 Å². The Morgan fingerprint density at radius 2 is 2.00 bits per heavy atom. The smallest absolute Gasteiger partial charge is 0.325 e. The first-order chi connectivity index (χ1) is 7.65. The van der Waals surface area contributed by atoms with E-state index < -0.39 is 17.9 Å². The summed E-state index contributed by atoms with van der Waals surface area (Å²) in [5.74, 6) is -0.912. The highest BCUT2D eigenvalue weighted by molar-refractivity contribution is 5.86. The van der Waals surface area contributed by atoms with Crippen molar-refractivity contribution >= 4 is 11.9 Å². The number of ether oxygens (including phenoxy) is 1. The third kappa shape index (κ3) is 3.36. The van der Waals surface area contributed by atoms with Gasteiger partial charge in [-0.3, -0.25) is 9.59 Å². The van der Waals surface area contributed by atoms with Crippen molar-refractivity contribution in [2.45, 2.75) is 6.04 Å². The molecule has 1 rings (SSSR count). The minimum absolute atomic E-state index is 0.171. The molecule has 0 aromatic heterocycles. The predicted molar refractivity (Wildman–Crippen MR) is 58.4 cm³/mol. The maximum absolute atomic E-state index is 11.5. The standard InChI is InChI=1S/C11H14N2O3/c1-16-9(14)7-13-11(15)10(12)8-5-3-2-4-6-8/h2-6,10H,7,12H2,1H3,(H,13,15)/t10-/m0/s1. The van der Waals surface area contributed by atoms with Crippen molar-refractivity contribution in [2.24, 2.45) is 5.73 Å². The molecule has 1 atom stereocenters. The van der Waals surface area contributed by atoms with Crippen LogP contribution in [0, 0.1) is 0 Å². The molecule has 3 N–H and O–H groups in total. The van der Waals surface area contributed by atoms with E-state index in [0.29, 0.717) is 5.56 Å². The molecule has 0 saturated carbocycles. The van der Waals surface area contributed by atoms with Crippen molar-refractivity contribution in [1.82, 2.24) is 5.32 Å². The topological polar surface area (TPSA) is 81.4 Å². The molecule has 0 heterocycles. The average Bonchev–Trinajstić information content (AvgIpc) is 2.35. The van der Waals surface area contributed by atoms with Crippen molar-refractivity contribution < 1.29 is 14.3 Å². The van der Waals surface area contributed by atoms with Crippen LogP contribution in [0.5, 0.6) is 0 Å². The second-order valence-corrected chi connectivity index (χ2v) is 3.18. The Hall–Kier alpha value is -1.88. The molecule has 5 heteroatoms. The van der Waals surface area contributed by atoms with Crippen LogP contribution in [-0.2, 0) is 14.3 Å². The Labute approximate surface area is 93.6 Å². The number of nitrogens with one attached hydrogen (secondary N) is 1. The lowest BCUT2D eigenvalue weighted by Gasteiger charge is -2.11. The van der Waals surface area contributed by atoms with Gasteiger partial charge in [-0.05, 0) is 5.56 Å². The first kappa shape index (κ1) is 12.2. The van der Waals surface area contributed by atoms with Gasteiger partial charge in [0.2, 0.25) is 5.91 Å². The van der Waals surface area contributed by atoms with Gasteiger partial charge in [0.15, 0.2) is 0 Å². The van der Waals surface area contributed by atoms with Gasteiger partial charge in [-0.2, -0.15) is 0 Å². The van der Waals surface area contributed by atoms with Gasteiger partial charge in [0.25, 0.3) is 0 Å². The van der Waals surface area contributed by atoms with Gasteiger partial charge in [-0.1, -0.05) is 30.3 Å². The van der Waals surface area contributed by atoms with E-state index >= 15 is 0 Å². The van der Waals surface area contributed by atoms with E-state index in [9.17, 15) is 9.59 Å². The van der Waals surface area contributed by atoms with Gasteiger partial charge in [0.05, 0.1) is 7.11 Å². The highest BCUT2D eigenvalue weighted by Crippen LogP contribution is 2.08. The number of hydrogen-bond acceptors (Lipinski definition) is 4. The molecule has 1 aromatic rings. The summed E-state index contributed by atoms with van der Waals surface area (Å²) < 4.78 is 4.39. The summed E-state index contributed by atoms with van der Waals surface area (Å²) in [6, 6.07) is 8.16. The zero-order valence-electron chi connectivity index (χ0n) is 8.97. The van der Waals surface area contributed by atoms with Crippen molar-refractivity contribution in [3.63, 3.8) is 0 Å². The maximum Gasteiger partial charge on any atom is 0.325 e. The number of nitrogens with two attached hydrogens (primary N) is 1. The van der Waals surface area contributed by atoms with Crippen LogP contribution in [0.1, 0.15) is 11.6 Å². The van der Waals surface area contributed by atoms with Crippen molar-refractivity contribution in [3.05, 3.63) is 35.9 Å². The minimum Gasteiger partial charge on any atom is -0.468 e. The minimum atomic E-state index is -0.772. The summed E-state index contributed by atoms with van der Waals surface area (Å²) in [4.78, 5) is 22.3. The van der Waals surface area contributed by atoms with Crippen molar-refractivity contribution in [1.29, 1.82) is 0 Å². The molecule has 0 aliphatic rings. The molecule has 1 amide bonds. The summed E-state index contributed by atoms with van der Waals surface area (Å²) in [5, 5.41) is 2.39. The van der Waals surface area contributed by atoms with Crippen molar-refractivity contribution in [2.75, 3.05) is 13.7 Å². The number of rotatable bonds is 4. The Morgan fingerprint density at radius 1 is 1.38 bits per heavy atom. The van der Waals surface area contributed by atoms with Gasteiger partial charge >= 0.3 is 5.97 Å².